The zero-order chi connectivity index (χ0) is 18.6. The first-order valence-corrected chi connectivity index (χ1v) is 7.65. The molecule has 1 saturated heterocycles. The predicted molar refractivity (Wildman–Crippen MR) is 83.7 cm³/mol. The molecule has 136 valence electrons. The Bertz CT molecular complexity index is 685. The molecule has 1 aromatic carbocycles. The number of hydrogen-bond acceptors (Lipinski definition) is 3. The Morgan fingerprint density at radius 1 is 1.40 bits per heavy atom. The lowest BCUT2D eigenvalue weighted by atomic mass is 10.0. The average Bonchev–Trinajstić information content (AvgIpc) is 2.53. The van der Waals surface area contributed by atoms with E-state index >= 15 is 0 Å². The summed E-state index contributed by atoms with van der Waals surface area (Å²) in [6.45, 7) is 2.22. The normalized spacial score (nSPS) is 19.0. The van der Waals surface area contributed by atoms with Gasteiger partial charge in [0, 0.05) is 19.2 Å². The van der Waals surface area contributed by atoms with Gasteiger partial charge in [0.05, 0.1) is 24.7 Å². The monoisotopic (exact) mass is 357 g/mol. The van der Waals surface area contributed by atoms with Crippen molar-refractivity contribution < 1.29 is 32.6 Å². The number of benzene rings is 1. The Labute approximate surface area is 142 Å². The summed E-state index contributed by atoms with van der Waals surface area (Å²) in [6, 6.07) is 4.75. The third-order valence-electron chi connectivity index (χ3n) is 3.84. The summed E-state index contributed by atoms with van der Waals surface area (Å²) in [7, 11) is 0. The maximum absolute atomic E-state index is 12.8. The molecule has 0 aliphatic carbocycles. The van der Waals surface area contributed by atoms with Crippen LogP contribution in [0.25, 0.3) is 5.57 Å². The number of amides is 1. The van der Waals surface area contributed by atoms with E-state index in [2.05, 4.69) is 0 Å². The van der Waals surface area contributed by atoms with Crippen molar-refractivity contribution in [3.8, 4) is 0 Å². The molecule has 1 aromatic rings. The number of nitrogens with zero attached hydrogens (tertiary/aromatic N) is 1. The van der Waals surface area contributed by atoms with E-state index in [1.54, 1.807) is 6.92 Å². The number of carboxylic acid groups (broad SMARTS) is 1. The quantitative estimate of drug-likeness (QED) is 0.842. The van der Waals surface area contributed by atoms with Gasteiger partial charge >= 0.3 is 12.1 Å². The zero-order valence-electron chi connectivity index (χ0n) is 13.5. The Morgan fingerprint density at radius 3 is 2.76 bits per heavy atom. The molecule has 1 heterocycles. The van der Waals surface area contributed by atoms with Crippen LogP contribution in [-0.2, 0) is 20.5 Å². The van der Waals surface area contributed by atoms with Gasteiger partial charge < -0.3 is 14.7 Å². The molecule has 0 spiro atoms. The summed E-state index contributed by atoms with van der Waals surface area (Å²) < 4.78 is 43.6. The fourth-order valence-electron chi connectivity index (χ4n) is 2.54. The summed E-state index contributed by atoms with van der Waals surface area (Å²) in [6.07, 6.45) is -3.98. The lowest BCUT2D eigenvalue weighted by Crippen LogP contribution is -2.45. The van der Waals surface area contributed by atoms with Gasteiger partial charge in [0.1, 0.15) is 0 Å². The van der Waals surface area contributed by atoms with Crippen molar-refractivity contribution in [2.24, 2.45) is 0 Å². The highest BCUT2D eigenvalue weighted by Gasteiger charge is 2.30. The molecular formula is C17H18F3NO4. The van der Waals surface area contributed by atoms with E-state index in [0.717, 1.165) is 12.1 Å². The van der Waals surface area contributed by atoms with Gasteiger partial charge in [-0.2, -0.15) is 13.2 Å². The molecule has 25 heavy (non-hydrogen) atoms. The number of aliphatic carboxylic acids is 1. The van der Waals surface area contributed by atoms with Gasteiger partial charge in [0.25, 0.3) is 0 Å². The molecule has 1 unspecified atom stereocenters. The molecule has 1 atom stereocenters. The van der Waals surface area contributed by atoms with Gasteiger partial charge in [0.15, 0.2) is 0 Å². The maximum atomic E-state index is 12.8. The van der Waals surface area contributed by atoms with Crippen LogP contribution in [0, 0.1) is 0 Å². The van der Waals surface area contributed by atoms with E-state index in [4.69, 9.17) is 9.84 Å². The van der Waals surface area contributed by atoms with E-state index in [1.807, 2.05) is 0 Å². The van der Waals surface area contributed by atoms with Crippen molar-refractivity contribution in [2.75, 3.05) is 19.7 Å². The van der Waals surface area contributed by atoms with Crippen molar-refractivity contribution >= 4 is 17.4 Å². The molecule has 1 amide bonds. The predicted octanol–water partition coefficient (Wildman–Crippen LogP) is 2.81. The minimum absolute atomic E-state index is 0.136. The fourth-order valence-corrected chi connectivity index (χ4v) is 2.54. The SMILES string of the molecule is C/C(=C/C(=O)N1CCOC(CC(=O)O)C1)c1cccc(C(F)(F)F)c1. The van der Waals surface area contributed by atoms with Crippen molar-refractivity contribution in [3.63, 3.8) is 0 Å². The third-order valence-corrected chi connectivity index (χ3v) is 3.84. The molecule has 0 aromatic heterocycles. The first kappa shape index (κ1) is 19.0. The highest BCUT2D eigenvalue weighted by atomic mass is 19.4. The molecule has 1 aliphatic rings. The molecule has 0 bridgehead atoms. The Balaban J connectivity index is 2.11. The summed E-state index contributed by atoms with van der Waals surface area (Å²) in [5.41, 5.74) is -0.0750. The molecule has 1 N–H and O–H groups in total. The summed E-state index contributed by atoms with van der Waals surface area (Å²) >= 11 is 0. The minimum atomic E-state index is -4.45. The lowest BCUT2D eigenvalue weighted by molar-refractivity contribution is -0.145. The first-order valence-electron chi connectivity index (χ1n) is 7.65. The number of morpholine rings is 1. The topological polar surface area (TPSA) is 66.8 Å². The van der Waals surface area contributed by atoms with Crippen LogP contribution in [0.1, 0.15) is 24.5 Å². The van der Waals surface area contributed by atoms with Gasteiger partial charge in [-0.1, -0.05) is 12.1 Å². The molecule has 0 radical (unpaired) electrons. The molecular weight excluding hydrogens is 339 g/mol. The van der Waals surface area contributed by atoms with Gasteiger partial charge in [-0.15, -0.1) is 0 Å². The molecule has 0 saturated carbocycles. The lowest BCUT2D eigenvalue weighted by Gasteiger charge is -2.31. The van der Waals surface area contributed by atoms with E-state index in [1.165, 1.54) is 23.1 Å². The zero-order valence-corrected chi connectivity index (χ0v) is 13.5. The number of hydrogen-bond donors (Lipinski definition) is 1. The van der Waals surface area contributed by atoms with Gasteiger partial charge in [-0.25, -0.2) is 0 Å². The number of rotatable bonds is 4. The van der Waals surface area contributed by atoms with E-state index in [9.17, 15) is 22.8 Å². The third kappa shape index (κ3) is 5.32. The highest BCUT2D eigenvalue weighted by molar-refractivity contribution is 5.95. The van der Waals surface area contributed by atoms with Crippen LogP contribution < -0.4 is 0 Å². The molecule has 5 nitrogen and oxygen atoms in total. The van der Waals surface area contributed by atoms with Gasteiger partial charge in [0.2, 0.25) is 5.91 Å². The van der Waals surface area contributed by atoms with Crippen LogP contribution in [0.3, 0.4) is 0 Å². The average molecular weight is 357 g/mol. The van der Waals surface area contributed by atoms with Crippen LogP contribution in [-0.4, -0.2) is 47.7 Å². The Morgan fingerprint density at radius 2 is 2.12 bits per heavy atom. The number of carbonyl (C=O) groups is 2. The van der Waals surface area contributed by atoms with Crippen LogP contribution in [0.4, 0.5) is 13.2 Å². The Kier molecular flexibility index (Phi) is 5.84. The van der Waals surface area contributed by atoms with Crippen molar-refractivity contribution in [1.29, 1.82) is 0 Å². The number of ether oxygens (including phenoxy) is 1. The number of alkyl halides is 3. The van der Waals surface area contributed by atoms with E-state index < -0.39 is 23.8 Å². The van der Waals surface area contributed by atoms with Crippen LogP contribution in [0.15, 0.2) is 30.3 Å². The largest absolute Gasteiger partial charge is 0.481 e. The second-order valence-corrected chi connectivity index (χ2v) is 5.78. The molecule has 2 rings (SSSR count). The molecule has 1 fully saturated rings. The van der Waals surface area contributed by atoms with E-state index in [-0.39, 0.29) is 25.5 Å². The molecule has 8 heteroatoms. The van der Waals surface area contributed by atoms with Gasteiger partial charge in [-0.05, 0) is 30.2 Å². The number of carboxylic acids is 1. The fraction of sp³-hybridized carbons (Fsp3) is 0.412. The number of halogens is 3. The summed E-state index contributed by atoms with van der Waals surface area (Å²) in [5.74, 6) is -1.40. The van der Waals surface area contributed by atoms with Crippen LogP contribution >= 0.6 is 0 Å². The van der Waals surface area contributed by atoms with Crippen LogP contribution in [0.5, 0.6) is 0 Å². The summed E-state index contributed by atoms with van der Waals surface area (Å²) in [5, 5.41) is 8.79. The van der Waals surface area contributed by atoms with Gasteiger partial charge in [-0.3, -0.25) is 9.59 Å². The maximum Gasteiger partial charge on any atom is 0.416 e. The standard InChI is InChI=1S/C17H18F3NO4/c1-11(12-3-2-4-13(8-12)17(18,19)20)7-15(22)21-5-6-25-14(10-21)9-16(23)24/h2-4,7-8,14H,5-6,9-10H2,1H3,(H,23,24)/b11-7-. The minimum Gasteiger partial charge on any atom is -0.481 e. The van der Waals surface area contributed by atoms with Crippen molar-refractivity contribution in [2.45, 2.75) is 25.6 Å². The second-order valence-electron chi connectivity index (χ2n) is 5.78. The Hall–Kier alpha value is -2.35. The van der Waals surface area contributed by atoms with E-state index in [0.29, 0.717) is 17.7 Å². The molecule has 1 aliphatic heterocycles. The number of allylic oxidation sites excluding steroid dienone is 1. The first-order chi connectivity index (χ1) is 11.7. The van der Waals surface area contributed by atoms with Crippen LogP contribution in [0.2, 0.25) is 0 Å². The highest BCUT2D eigenvalue weighted by Crippen LogP contribution is 2.31. The smallest absolute Gasteiger partial charge is 0.416 e. The van der Waals surface area contributed by atoms with Crippen molar-refractivity contribution in [1.82, 2.24) is 4.90 Å². The summed E-state index contributed by atoms with van der Waals surface area (Å²) in [4.78, 5) is 24.5. The number of carbonyl (C=O) groups excluding carboxylic acids is 1. The second kappa shape index (κ2) is 7.69. The van der Waals surface area contributed by atoms with Crippen molar-refractivity contribution in [3.05, 3.63) is 41.5 Å².